The molecule has 0 radical (unpaired) electrons. The smallest absolute Gasteiger partial charge is 0.306 e. The summed E-state index contributed by atoms with van der Waals surface area (Å²) in [6.07, 6.45) is 0. The summed E-state index contributed by atoms with van der Waals surface area (Å²) < 4.78 is 26.6. The Hall–Kier alpha value is -2.15. The third-order valence-corrected chi connectivity index (χ3v) is 3.76. The molecule has 0 atom stereocenters. The summed E-state index contributed by atoms with van der Waals surface area (Å²) >= 11 is 0.895. The van der Waals surface area contributed by atoms with Crippen molar-refractivity contribution in [1.82, 2.24) is 0 Å². The molecule has 7 heteroatoms. The molecule has 0 unspecified atom stereocenters. The zero-order chi connectivity index (χ0) is 15.4. The third-order valence-electron chi connectivity index (χ3n) is 2.66. The summed E-state index contributed by atoms with van der Waals surface area (Å²) in [5, 5.41) is 14.1. The Morgan fingerprint density at radius 3 is 2.62 bits per heavy atom. The number of nitrogens with zero attached hydrogens (tertiary/aromatic N) is 1. The lowest BCUT2D eigenvalue weighted by molar-refractivity contribution is -0.386. The fourth-order valence-electron chi connectivity index (χ4n) is 1.80. The predicted octanol–water partition coefficient (Wildman–Crippen LogP) is 4.46. The van der Waals surface area contributed by atoms with Crippen LogP contribution >= 0.6 is 11.8 Å². The minimum absolute atomic E-state index is 0.118. The van der Waals surface area contributed by atoms with Crippen LogP contribution in [0.3, 0.4) is 0 Å². The number of hydrogen-bond acceptors (Lipinski definition) is 4. The van der Waals surface area contributed by atoms with Gasteiger partial charge in [0.05, 0.1) is 9.82 Å². The summed E-state index contributed by atoms with van der Waals surface area (Å²) in [7, 11) is 0. The van der Waals surface area contributed by atoms with Crippen LogP contribution in [0.2, 0.25) is 0 Å². The normalized spacial score (nSPS) is 10.4. The zero-order valence-corrected chi connectivity index (χ0v) is 11.9. The fourth-order valence-corrected chi connectivity index (χ4v) is 2.76. The topological polar surface area (TPSA) is 55.2 Å². The molecule has 21 heavy (non-hydrogen) atoms. The van der Waals surface area contributed by atoms with E-state index in [2.05, 4.69) is 5.32 Å². The second kappa shape index (κ2) is 6.53. The molecule has 0 saturated carbocycles. The standard InChI is InChI=1S/C14H12F2N2O2S/c1-2-17-11-4-3-5-13(14(11)18(19)20)21-12-7-6-9(15)8-10(12)16/h3-8,17H,2H2,1H3. The van der Waals surface area contributed by atoms with Gasteiger partial charge < -0.3 is 5.32 Å². The minimum atomic E-state index is -0.747. The predicted molar refractivity (Wildman–Crippen MR) is 77.7 cm³/mol. The second-order valence-electron chi connectivity index (χ2n) is 4.12. The molecule has 0 bridgehead atoms. The SMILES string of the molecule is CCNc1cccc(Sc2ccc(F)cc2F)c1[N+](=O)[O-]. The van der Waals surface area contributed by atoms with E-state index in [0.717, 1.165) is 23.9 Å². The highest BCUT2D eigenvalue weighted by Crippen LogP contribution is 2.40. The van der Waals surface area contributed by atoms with Gasteiger partial charge in [-0.25, -0.2) is 8.78 Å². The Morgan fingerprint density at radius 2 is 2.00 bits per heavy atom. The van der Waals surface area contributed by atoms with Crippen LogP contribution in [-0.2, 0) is 0 Å². The van der Waals surface area contributed by atoms with Gasteiger partial charge in [-0.05, 0) is 31.2 Å². The Kier molecular flexibility index (Phi) is 4.74. The van der Waals surface area contributed by atoms with Crippen molar-refractivity contribution in [2.45, 2.75) is 16.7 Å². The van der Waals surface area contributed by atoms with Gasteiger partial charge >= 0.3 is 5.69 Å². The molecule has 0 amide bonds. The largest absolute Gasteiger partial charge is 0.380 e. The molecule has 0 fully saturated rings. The first kappa shape index (κ1) is 15.2. The van der Waals surface area contributed by atoms with Gasteiger partial charge in [0.1, 0.15) is 17.3 Å². The average molecular weight is 310 g/mol. The number of nitro groups is 1. The van der Waals surface area contributed by atoms with Gasteiger partial charge in [0, 0.05) is 17.5 Å². The molecule has 0 heterocycles. The number of para-hydroxylation sites is 1. The highest BCUT2D eigenvalue weighted by molar-refractivity contribution is 7.99. The molecule has 0 saturated heterocycles. The first-order valence-electron chi connectivity index (χ1n) is 6.17. The van der Waals surface area contributed by atoms with Gasteiger partial charge in [0.2, 0.25) is 0 Å². The van der Waals surface area contributed by atoms with E-state index in [0.29, 0.717) is 17.1 Å². The van der Waals surface area contributed by atoms with Crippen LogP contribution in [0.25, 0.3) is 0 Å². The molecule has 2 rings (SSSR count). The Balaban J connectivity index is 2.43. The number of rotatable bonds is 5. The Morgan fingerprint density at radius 1 is 1.24 bits per heavy atom. The van der Waals surface area contributed by atoms with Gasteiger partial charge in [-0.1, -0.05) is 17.8 Å². The number of nitrogens with one attached hydrogen (secondary N) is 1. The maximum atomic E-state index is 13.7. The lowest BCUT2D eigenvalue weighted by Gasteiger charge is -2.09. The van der Waals surface area contributed by atoms with E-state index < -0.39 is 16.6 Å². The maximum Gasteiger partial charge on any atom is 0.306 e. The van der Waals surface area contributed by atoms with Gasteiger partial charge in [-0.3, -0.25) is 10.1 Å². The zero-order valence-electron chi connectivity index (χ0n) is 11.1. The number of benzene rings is 2. The van der Waals surface area contributed by atoms with E-state index in [1.165, 1.54) is 12.1 Å². The maximum absolute atomic E-state index is 13.7. The van der Waals surface area contributed by atoms with E-state index in [-0.39, 0.29) is 10.6 Å². The molecule has 0 aromatic heterocycles. The first-order chi connectivity index (χ1) is 10.0. The number of nitro benzene ring substituents is 1. The van der Waals surface area contributed by atoms with Crippen molar-refractivity contribution in [1.29, 1.82) is 0 Å². The van der Waals surface area contributed by atoms with Crippen LogP contribution in [-0.4, -0.2) is 11.5 Å². The second-order valence-corrected chi connectivity index (χ2v) is 5.20. The van der Waals surface area contributed by atoms with Crippen molar-refractivity contribution in [2.24, 2.45) is 0 Å². The average Bonchev–Trinajstić information content (AvgIpc) is 2.42. The number of halogens is 2. The van der Waals surface area contributed by atoms with Gasteiger partial charge in [0.15, 0.2) is 0 Å². The first-order valence-corrected chi connectivity index (χ1v) is 6.98. The van der Waals surface area contributed by atoms with Crippen molar-refractivity contribution in [3.63, 3.8) is 0 Å². The Bertz CT molecular complexity index is 680. The third kappa shape index (κ3) is 3.49. The molecule has 0 aliphatic heterocycles. The van der Waals surface area contributed by atoms with Crippen molar-refractivity contribution in [3.05, 3.63) is 58.1 Å². The summed E-state index contributed by atoms with van der Waals surface area (Å²) in [6.45, 7) is 2.35. The monoisotopic (exact) mass is 310 g/mol. The summed E-state index contributed by atoms with van der Waals surface area (Å²) in [5.41, 5.74) is 0.253. The molecule has 4 nitrogen and oxygen atoms in total. The lowest BCUT2D eigenvalue weighted by atomic mass is 10.2. The van der Waals surface area contributed by atoms with Crippen molar-refractivity contribution >= 4 is 23.1 Å². The van der Waals surface area contributed by atoms with Gasteiger partial charge in [-0.2, -0.15) is 0 Å². The fraction of sp³-hybridized carbons (Fsp3) is 0.143. The molecule has 0 aliphatic carbocycles. The molecule has 2 aromatic rings. The number of anilines is 1. The summed E-state index contributed by atoms with van der Waals surface area (Å²) in [6, 6.07) is 7.90. The number of hydrogen-bond donors (Lipinski definition) is 1. The molecule has 2 aromatic carbocycles. The molecule has 1 N–H and O–H groups in total. The van der Waals surface area contributed by atoms with E-state index in [1.807, 2.05) is 6.92 Å². The van der Waals surface area contributed by atoms with E-state index in [1.54, 1.807) is 12.1 Å². The molecule has 0 spiro atoms. The minimum Gasteiger partial charge on any atom is -0.380 e. The van der Waals surface area contributed by atoms with Crippen LogP contribution < -0.4 is 5.32 Å². The van der Waals surface area contributed by atoms with Crippen LogP contribution in [0.15, 0.2) is 46.2 Å². The van der Waals surface area contributed by atoms with E-state index in [9.17, 15) is 18.9 Å². The Labute approximate surface area is 124 Å². The van der Waals surface area contributed by atoms with Crippen LogP contribution in [0.5, 0.6) is 0 Å². The van der Waals surface area contributed by atoms with Crippen LogP contribution in [0.4, 0.5) is 20.2 Å². The summed E-state index contributed by atoms with van der Waals surface area (Å²) in [5.74, 6) is -1.43. The lowest BCUT2D eigenvalue weighted by Crippen LogP contribution is -2.02. The molecular weight excluding hydrogens is 298 g/mol. The quantitative estimate of drug-likeness (QED) is 0.654. The van der Waals surface area contributed by atoms with Crippen molar-refractivity contribution in [3.8, 4) is 0 Å². The van der Waals surface area contributed by atoms with E-state index >= 15 is 0 Å². The van der Waals surface area contributed by atoms with Crippen LogP contribution in [0, 0.1) is 21.7 Å². The summed E-state index contributed by atoms with van der Waals surface area (Å²) in [4.78, 5) is 11.2. The molecule has 0 aliphatic rings. The van der Waals surface area contributed by atoms with Gasteiger partial charge in [-0.15, -0.1) is 0 Å². The van der Waals surface area contributed by atoms with Crippen molar-refractivity contribution < 1.29 is 13.7 Å². The van der Waals surface area contributed by atoms with Crippen molar-refractivity contribution in [2.75, 3.05) is 11.9 Å². The highest BCUT2D eigenvalue weighted by Gasteiger charge is 2.21. The van der Waals surface area contributed by atoms with E-state index in [4.69, 9.17) is 0 Å². The molecule has 110 valence electrons. The van der Waals surface area contributed by atoms with Gasteiger partial charge in [0.25, 0.3) is 0 Å². The molecular formula is C14H12F2N2O2S. The van der Waals surface area contributed by atoms with Crippen LogP contribution in [0.1, 0.15) is 6.92 Å². The highest BCUT2D eigenvalue weighted by atomic mass is 32.2.